The van der Waals surface area contributed by atoms with E-state index < -0.39 is 17.8 Å². The second kappa shape index (κ2) is 8.78. The summed E-state index contributed by atoms with van der Waals surface area (Å²) >= 11 is 6.26. The van der Waals surface area contributed by atoms with Gasteiger partial charge >= 0.3 is 0 Å². The van der Waals surface area contributed by atoms with Gasteiger partial charge in [0, 0.05) is 17.5 Å². The Labute approximate surface area is 184 Å². The van der Waals surface area contributed by atoms with Crippen LogP contribution in [-0.2, 0) is 0 Å². The van der Waals surface area contributed by atoms with E-state index >= 15 is 0 Å². The molecule has 31 heavy (non-hydrogen) atoms. The minimum Gasteiger partial charge on any atom is -0.497 e. The van der Waals surface area contributed by atoms with Gasteiger partial charge < -0.3 is 9.47 Å². The highest BCUT2D eigenvalue weighted by atomic mass is 35.5. The van der Waals surface area contributed by atoms with Crippen LogP contribution in [0.1, 0.15) is 33.9 Å². The molecule has 0 bridgehead atoms. The summed E-state index contributed by atoms with van der Waals surface area (Å²) in [7, 11) is 3.12. The van der Waals surface area contributed by atoms with Crippen molar-refractivity contribution < 1.29 is 18.7 Å². The van der Waals surface area contributed by atoms with Gasteiger partial charge in [-0.15, -0.1) is 0 Å². The molecule has 0 N–H and O–H groups in total. The van der Waals surface area contributed by atoms with Crippen molar-refractivity contribution in [1.29, 1.82) is 0 Å². The molecule has 0 aromatic heterocycles. The molecule has 0 saturated carbocycles. The van der Waals surface area contributed by atoms with Gasteiger partial charge in [0.1, 0.15) is 17.3 Å². The van der Waals surface area contributed by atoms with E-state index in [9.17, 15) is 9.18 Å². The van der Waals surface area contributed by atoms with E-state index in [4.69, 9.17) is 21.1 Å². The Kier molecular flexibility index (Phi) is 5.91. The molecular weight excluding hydrogens is 419 g/mol. The van der Waals surface area contributed by atoms with Crippen LogP contribution in [0.15, 0.2) is 71.8 Å². The third kappa shape index (κ3) is 3.99. The second-order valence-corrected chi connectivity index (χ2v) is 7.39. The summed E-state index contributed by atoms with van der Waals surface area (Å²) in [5, 5.41) is 6.21. The van der Waals surface area contributed by atoms with Crippen LogP contribution in [0.5, 0.6) is 11.5 Å². The van der Waals surface area contributed by atoms with Gasteiger partial charge in [0.25, 0.3) is 5.91 Å². The molecule has 7 heteroatoms. The molecular formula is C24H20ClFN2O3. The molecule has 4 rings (SSSR count). The predicted octanol–water partition coefficient (Wildman–Crippen LogP) is 5.49. The molecule has 1 heterocycles. The molecule has 0 spiro atoms. The van der Waals surface area contributed by atoms with Crippen LogP contribution in [-0.4, -0.2) is 30.8 Å². The number of carbonyl (C=O) groups excluding carboxylic acids is 1. The average molecular weight is 439 g/mol. The maximum Gasteiger partial charge on any atom is 0.276 e. The predicted molar refractivity (Wildman–Crippen MR) is 117 cm³/mol. The summed E-state index contributed by atoms with van der Waals surface area (Å²) in [6.07, 6.45) is 0.306. The molecule has 1 atom stereocenters. The van der Waals surface area contributed by atoms with Crippen LogP contribution >= 0.6 is 11.6 Å². The monoisotopic (exact) mass is 438 g/mol. The molecule has 1 amide bonds. The quantitative estimate of drug-likeness (QED) is 0.529. The van der Waals surface area contributed by atoms with Crippen molar-refractivity contribution in [2.45, 2.75) is 12.5 Å². The molecule has 1 aliphatic rings. The average Bonchev–Trinajstić information content (AvgIpc) is 3.24. The molecule has 0 radical (unpaired) electrons. The standard InChI is InChI=1S/C24H20ClFN2O3/c1-30-15-11-12-23(31-2)18(13-15)21-14-22(17-8-4-6-10-20(17)26)28(27-21)24(29)16-7-3-5-9-19(16)25/h3-13,22H,14H2,1-2H3/t22-/m0/s1. The van der Waals surface area contributed by atoms with Crippen molar-refractivity contribution in [1.82, 2.24) is 5.01 Å². The maximum absolute atomic E-state index is 14.7. The van der Waals surface area contributed by atoms with Gasteiger partial charge in [0.2, 0.25) is 0 Å². The fourth-order valence-electron chi connectivity index (χ4n) is 3.65. The molecule has 5 nitrogen and oxygen atoms in total. The topological polar surface area (TPSA) is 51.1 Å². The minimum absolute atomic E-state index is 0.299. The molecule has 0 fully saturated rings. The lowest BCUT2D eigenvalue weighted by Crippen LogP contribution is -2.27. The number of amides is 1. The number of nitrogens with zero attached hydrogens (tertiary/aromatic N) is 2. The van der Waals surface area contributed by atoms with E-state index in [2.05, 4.69) is 5.10 Å². The Hall–Kier alpha value is -3.38. The largest absolute Gasteiger partial charge is 0.497 e. The van der Waals surface area contributed by atoms with Crippen molar-refractivity contribution in [3.63, 3.8) is 0 Å². The van der Waals surface area contributed by atoms with E-state index in [1.54, 1.807) is 74.9 Å². The molecule has 3 aromatic rings. The summed E-state index contributed by atoms with van der Waals surface area (Å²) in [5.74, 6) is 0.393. The number of halogens is 2. The van der Waals surface area contributed by atoms with Gasteiger partial charge in [-0.1, -0.05) is 41.9 Å². The van der Waals surface area contributed by atoms with Crippen molar-refractivity contribution in [3.8, 4) is 11.5 Å². The first-order chi connectivity index (χ1) is 15.0. The van der Waals surface area contributed by atoms with Gasteiger partial charge in [-0.3, -0.25) is 4.79 Å². The number of carbonyl (C=O) groups is 1. The highest BCUT2D eigenvalue weighted by Crippen LogP contribution is 2.38. The number of hydrogen-bond acceptors (Lipinski definition) is 4. The van der Waals surface area contributed by atoms with E-state index in [1.165, 1.54) is 11.1 Å². The van der Waals surface area contributed by atoms with E-state index in [-0.39, 0.29) is 0 Å². The van der Waals surface area contributed by atoms with Crippen LogP contribution in [0.3, 0.4) is 0 Å². The molecule has 158 valence electrons. The van der Waals surface area contributed by atoms with Crippen LogP contribution in [0.4, 0.5) is 4.39 Å². The lowest BCUT2D eigenvalue weighted by atomic mass is 9.97. The molecule has 3 aromatic carbocycles. The van der Waals surface area contributed by atoms with Crippen molar-refractivity contribution >= 4 is 23.2 Å². The van der Waals surface area contributed by atoms with Gasteiger partial charge in [-0.25, -0.2) is 9.40 Å². The molecule has 0 aliphatic carbocycles. The van der Waals surface area contributed by atoms with Crippen LogP contribution in [0.25, 0.3) is 0 Å². The van der Waals surface area contributed by atoms with Gasteiger partial charge in [0.15, 0.2) is 0 Å². The summed E-state index contributed by atoms with van der Waals surface area (Å²) in [4.78, 5) is 13.4. The maximum atomic E-state index is 14.7. The molecule has 1 aliphatic heterocycles. The summed E-state index contributed by atoms with van der Waals surface area (Å²) in [5.41, 5.74) is 1.94. The van der Waals surface area contributed by atoms with Crippen LogP contribution < -0.4 is 9.47 Å². The first-order valence-corrected chi connectivity index (χ1v) is 10.0. The third-order valence-corrected chi connectivity index (χ3v) is 5.53. The highest BCUT2D eigenvalue weighted by molar-refractivity contribution is 6.33. The summed E-state index contributed by atoms with van der Waals surface area (Å²) in [6, 6.07) is 17.8. The Balaban J connectivity index is 1.82. The summed E-state index contributed by atoms with van der Waals surface area (Å²) < 4.78 is 25.5. The molecule has 0 unspecified atom stereocenters. The Bertz CT molecular complexity index is 1170. The van der Waals surface area contributed by atoms with Crippen molar-refractivity contribution in [2.24, 2.45) is 5.10 Å². The molecule has 0 saturated heterocycles. The minimum atomic E-state index is -0.629. The lowest BCUT2D eigenvalue weighted by molar-refractivity contribution is 0.0709. The second-order valence-electron chi connectivity index (χ2n) is 6.98. The summed E-state index contributed by atoms with van der Waals surface area (Å²) in [6.45, 7) is 0. The zero-order valence-corrected chi connectivity index (χ0v) is 17.8. The lowest BCUT2D eigenvalue weighted by Gasteiger charge is -2.22. The van der Waals surface area contributed by atoms with Gasteiger partial charge in [-0.2, -0.15) is 5.10 Å². The zero-order valence-electron chi connectivity index (χ0n) is 17.0. The highest BCUT2D eigenvalue weighted by Gasteiger charge is 2.36. The zero-order chi connectivity index (χ0) is 22.0. The third-order valence-electron chi connectivity index (χ3n) is 5.20. The van der Waals surface area contributed by atoms with Gasteiger partial charge in [0.05, 0.1) is 36.6 Å². The van der Waals surface area contributed by atoms with Gasteiger partial charge in [-0.05, 0) is 36.4 Å². The van der Waals surface area contributed by atoms with Crippen molar-refractivity contribution in [3.05, 3.63) is 94.3 Å². The Morgan fingerprint density at radius 1 is 1.06 bits per heavy atom. The van der Waals surface area contributed by atoms with Crippen molar-refractivity contribution in [2.75, 3.05) is 14.2 Å². The Morgan fingerprint density at radius 3 is 2.52 bits per heavy atom. The first-order valence-electron chi connectivity index (χ1n) is 9.66. The number of ether oxygens (including phenoxy) is 2. The fourth-order valence-corrected chi connectivity index (χ4v) is 3.86. The van der Waals surface area contributed by atoms with E-state index in [0.717, 1.165) is 0 Å². The van der Waals surface area contributed by atoms with E-state index in [0.29, 0.717) is 45.3 Å². The SMILES string of the molecule is COc1ccc(OC)c(C2=NN(C(=O)c3ccccc3Cl)[C@H](c3ccccc3F)C2)c1. The van der Waals surface area contributed by atoms with Crippen LogP contribution in [0, 0.1) is 5.82 Å². The fraction of sp³-hybridized carbons (Fsp3) is 0.167. The number of hydrogen-bond donors (Lipinski definition) is 0. The van der Waals surface area contributed by atoms with Crippen LogP contribution in [0.2, 0.25) is 5.02 Å². The Morgan fingerprint density at radius 2 is 1.81 bits per heavy atom. The number of methoxy groups -OCH3 is 2. The first kappa shape index (κ1) is 20.9. The smallest absolute Gasteiger partial charge is 0.276 e. The number of benzene rings is 3. The number of hydrazone groups is 1. The van der Waals surface area contributed by atoms with E-state index in [1.807, 2.05) is 0 Å². The normalized spacial score (nSPS) is 15.5. The number of rotatable bonds is 5.